The second-order valence-corrected chi connectivity index (χ2v) is 7.67. The molecule has 0 radical (unpaired) electrons. The van der Waals surface area contributed by atoms with Crippen LogP contribution in [-0.2, 0) is 12.6 Å². The second-order valence-electron chi connectivity index (χ2n) is 6.64. The third-order valence-corrected chi connectivity index (χ3v) is 5.61. The van der Waals surface area contributed by atoms with Gasteiger partial charge in [-0.2, -0.15) is 13.2 Å². The van der Waals surface area contributed by atoms with Gasteiger partial charge in [0.05, 0.1) is 15.8 Å². The SMILES string of the molecule is CNc1nc2c(-c3cccc(C(F)(F)F)c3)cc(Cc3ccc(F)cc3)cc2s1. The molecule has 4 rings (SSSR count). The first-order valence-corrected chi connectivity index (χ1v) is 9.68. The van der Waals surface area contributed by atoms with Gasteiger partial charge in [0, 0.05) is 12.6 Å². The van der Waals surface area contributed by atoms with E-state index >= 15 is 0 Å². The van der Waals surface area contributed by atoms with Crippen LogP contribution >= 0.6 is 11.3 Å². The number of benzene rings is 3. The van der Waals surface area contributed by atoms with Crippen LogP contribution in [0.25, 0.3) is 21.3 Å². The number of aromatic nitrogens is 1. The van der Waals surface area contributed by atoms with Crippen molar-refractivity contribution in [3.05, 3.63) is 83.2 Å². The molecule has 1 aromatic heterocycles. The maximum absolute atomic E-state index is 13.2. The molecule has 0 saturated heterocycles. The third kappa shape index (κ3) is 4.10. The topological polar surface area (TPSA) is 24.9 Å². The lowest BCUT2D eigenvalue weighted by Crippen LogP contribution is -2.04. The maximum Gasteiger partial charge on any atom is 0.416 e. The van der Waals surface area contributed by atoms with Gasteiger partial charge < -0.3 is 5.32 Å². The Balaban J connectivity index is 1.85. The largest absolute Gasteiger partial charge is 0.416 e. The quantitative estimate of drug-likeness (QED) is 0.372. The van der Waals surface area contributed by atoms with E-state index < -0.39 is 11.7 Å². The Hall–Kier alpha value is -2.93. The summed E-state index contributed by atoms with van der Waals surface area (Å²) in [7, 11) is 1.75. The molecule has 4 aromatic rings. The van der Waals surface area contributed by atoms with Crippen molar-refractivity contribution in [3.8, 4) is 11.1 Å². The van der Waals surface area contributed by atoms with Gasteiger partial charge >= 0.3 is 6.18 Å². The zero-order valence-corrected chi connectivity index (χ0v) is 16.2. The summed E-state index contributed by atoms with van der Waals surface area (Å²) in [5, 5.41) is 3.68. The van der Waals surface area contributed by atoms with Crippen LogP contribution in [0.5, 0.6) is 0 Å². The molecule has 148 valence electrons. The highest BCUT2D eigenvalue weighted by Gasteiger charge is 2.30. The second kappa shape index (κ2) is 7.48. The number of rotatable bonds is 4. The molecule has 0 spiro atoms. The van der Waals surface area contributed by atoms with Gasteiger partial charge in [0.2, 0.25) is 0 Å². The van der Waals surface area contributed by atoms with Crippen LogP contribution in [0.3, 0.4) is 0 Å². The van der Waals surface area contributed by atoms with Crippen LogP contribution < -0.4 is 5.32 Å². The molecule has 1 N–H and O–H groups in total. The summed E-state index contributed by atoms with van der Waals surface area (Å²) in [5.74, 6) is -0.310. The first-order chi connectivity index (χ1) is 13.8. The fourth-order valence-electron chi connectivity index (χ4n) is 3.22. The summed E-state index contributed by atoms with van der Waals surface area (Å²) in [6.07, 6.45) is -3.88. The zero-order valence-electron chi connectivity index (χ0n) is 15.3. The molecule has 0 amide bonds. The van der Waals surface area contributed by atoms with Gasteiger partial charge in [0.15, 0.2) is 5.13 Å². The summed E-state index contributed by atoms with van der Waals surface area (Å²) in [6, 6.07) is 15.3. The molecule has 0 aliphatic heterocycles. The molecule has 0 atom stereocenters. The Labute approximate surface area is 168 Å². The summed E-state index contributed by atoms with van der Waals surface area (Å²) >= 11 is 1.44. The summed E-state index contributed by atoms with van der Waals surface area (Å²) in [6.45, 7) is 0. The Morgan fingerprint density at radius 3 is 2.41 bits per heavy atom. The minimum atomic E-state index is -4.42. The summed E-state index contributed by atoms with van der Waals surface area (Å²) in [4.78, 5) is 4.54. The normalized spacial score (nSPS) is 11.8. The fourth-order valence-corrected chi connectivity index (χ4v) is 4.13. The van der Waals surface area contributed by atoms with Gasteiger partial charge in [0.1, 0.15) is 5.82 Å². The Bertz CT molecular complexity index is 1160. The summed E-state index contributed by atoms with van der Waals surface area (Å²) < 4.78 is 53.7. The number of anilines is 1. The number of nitrogens with zero attached hydrogens (tertiary/aromatic N) is 1. The molecule has 0 aliphatic carbocycles. The average molecular weight is 416 g/mol. The first-order valence-electron chi connectivity index (χ1n) is 8.87. The molecule has 7 heteroatoms. The molecule has 3 aromatic carbocycles. The van der Waals surface area contributed by atoms with Gasteiger partial charge in [-0.1, -0.05) is 35.6 Å². The molecule has 1 heterocycles. The molecule has 0 bridgehead atoms. The first kappa shape index (κ1) is 19.4. The monoisotopic (exact) mass is 416 g/mol. The van der Waals surface area contributed by atoms with Crippen LogP contribution in [0.15, 0.2) is 60.7 Å². The zero-order chi connectivity index (χ0) is 20.6. The molecular weight excluding hydrogens is 400 g/mol. The van der Waals surface area contributed by atoms with Crippen molar-refractivity contribution >= 4 is 26.7 Å². The number of hydrogen-bond donors (Lipinski definition) is 1. The Morgan fingerprint density at radius 2 is 1.72 bits per heavy atom. The van der Waals surface area contributed by atoms with Gasteiger partial charge in [-0.3, -0.25) is 0 Å². The van der Waals surface area contributed by atoms with E-state index in [2.05, 4.69) is 10.3 Å². The fraction of sp³-hybridized carbons (Fsp3) is 0.136. The van der Waals surface area contributed by atoms with E-state index in [4.69, 9.17) is 0 Å². The van der Waals surface area contributed by atoms with Crippen LogP contribution in [-0.4, -0.2) is 12.0 Å². The van der Waals surface area contributed by atoms with Gasteiger partial charge in [-0.25, -0.2) is 9.37 Å². The van der Waals surface area contributed by atoms with Crippen molar-refractivity contribution in [3.63, 3.8) is 0 Å². The van der Waals surface area contributed by atoms with Crippen LogP contribution in [0.2, 0.25) is 0 Å². The van der Waals surface area contributed by atoms with Crippen molar-refractivity contribution in [1.82, 2.24) is 4.98 Å². The lowest BCUT2D eigenvalue weighted by atomic mass is 9.97. The molecule has 2 nitrogen and oxygen atoms in total. The van der Waals surface area contributed by atoms with Crippen molar-refractivity contribution in [2.75, 3.05) is 12.4 Å². The van der Waals surface area contributed by atoms with Crippen LogP contribution in [0, 0.1) is 5.82 Å². The maximum atomic E-state index is 13.2. The van der Waals surface area contributed by atoms with E-state index in [-0.39, 0.29) is 5.82 Å². The van der Waals surface area contributed by atoms with Crippen molar-refractivity contribution in [2.45, 2.75) is 12.6 Å². The highest BCUT2D eigenvalue weighted by atomic mass is 32.1. The van der Waals surface area contributed by atoms with Crippen molar-refractivity contribution < 1.29 is 17.6 Å². The molecule has 0 aliphatic rings. The number of nitrogens with one attached hydrogen (secondary N) is 1. The van der Waals surface area contributed by atoms with E-state index in [0.29, 0.717) is 28.2 Å². The molecule has 29 heavy (non-hydrogen) atoms. The number of thiazole rings is 1. The smallest absolute Gasteiger partial charge is 0.365 e. The van der Waals surface area contributed by atoms with Crippen molar-refractivity contribution in [2.24, 2.45) is 0 Å². The van der Waals surface area contributed by atoms with E-state index in [1.54, 1.807) is 25.2 Å². The molecule has 0 unspecified atom stereocenters. The van der Waals surface area contributed by atoms with E-state index in [1.165, 1.54) is 29.5 Å². The van der Waals surface area contributed by atoms with Gasteiger partial charge in [-0.15, -0.1) is 0 Å². The Morgan fingerprint density at radius 1 is 0.966 bits per heavy atom. The number of halogens is 4. The number of alkyl halides is 3. The third-order valence-electron chi connectivity index (χ3n) is 4.59. The van der Waals surface area contributed by atoms with E-state index in [0.717, 1.165) is 28.0 Å². The van der Waals surface area contributed by atoms with E-state index in [9.17, 15) is 17.6 Å². The standard InChI is InChI=1S/C22H16F4N2S/c1-27-21-28-20-18(15-3-2-4-16(12-15)22(24,25)26)10-14(11-19(20)29-21)9-13-5-7-17(23)8-6-13/h2-8,10-12H,9H2,1H3,(H,27,28). The minimum absolute atomic E-state index is 0.310. The average Bonchev–Trinajstić information content (AvgIpc) is 3.12. The minimum Gasteiger partial charge on any atom is -0.365 e. The van der Waals surface area contributed by atoms with Crippen molar-refractivity contribution in [1.29, 1.82) is 0 Å². The molecular formula is C22H16F4N2S. The van der Waals surface area contributed by atoms with Crippen LogP contribution in [0.4, 0.5) is 22.7 Å². The lowest BCUT2D eigenvalue weighted by molar-refractivity contribution is -0.137. The lowest BCUT2D eigenvalue weighted by Gasteiger charge is -2.11. The number of hydrogen-bond acceptors (Lipinski definition) is 3. The van der Waals surface area contributed by atoms with E-state index in [1.807, 2.05) is 12.1 Å². The molecule has 0 fully saturated rings. The predicted octanol–water partition coefficient (Wildman–Crippen LogP) is 6.75. The highest BCUT2D eigenvalue weighted by Crippen LogP contribution is 2.38. The number of fused-ring (bicyclic) bond motifs is 1. The predicted molar refractivity (Wildman–Crippen MR) is 109 cm³/mol. The molecule has 0 saturated carbocycles. The summed E-state index contributed by atoms with van der Waals surface area (Å²) in [5.41, 5.74) is 2.89. The van der Waals surface area contributed by atoms with Gasteiger partial charge in [0.25, 0.3) is 0 Å². The van der Waals surface area contributed by atoms with Gasteiger partial charge in [-0.05, 0) is 59.5 Å². The van der Waals surface area contributed by atoms with Crippen LogP contribution in [0.1, 0.15) is 16.7 Å². The Kier molecular flexibility index (Phi) is 5.00. The highest BCUT2D eigenvalue weighted by molar-refractivity contribution is 7.22.